The van der Waals surface area contributed by atoms with Gasteiger partial charge in [-0.2, -0.15) is 0 Å². The van der Waals surface area contributed by atoms with Crippen LogP contribution in [0.25, 0.3) is 0 Å². The Balaban J connectivity index is 4.87. The van der Waals surface area contributed by atoms with Gasteiger partial charge in [-0.05, 0) is 39.2 Å². The van der Waals surface area contributed by atoms with Crippen LogP contribution in [0.3, 0.4) is 0 Å². The average Bonchev–Trinajstić information content (AvgIpc) is 2.18. The number of likely N-dealkylation sites (N-methyl/N-ethyl adjacent to an activating group) is 1. The van der Waals surface area contributed by atoms with Gasteiger partial charge in [-0.25, -0.2) is 0 Å². The minimum Gasteiger partial charge on any atom is -0.348 e. The lowest BCUT2D eigenvalue weighted by atomic mass is 9.74. The number of nitrogens with two attached hydrogens (primary N) is 1. The molecule has 0 saturated heterocycles. The molecule has 0 aromatic carbocycles. The van der Waals surface area contributed by atoms with Gasteiger partial charge in [0, 0.05) is 5.54 Å². The Bertz CT molecular complexity index is 319. The first-order valence-electron chi connectivity index (χ1n) is 6.79. The third-order valence-corrected chi connectivity index (χ3v) is 2.87. The fraction of sp³-hybridized carbons (Fsp3) is 0.857. The van der Waals surface area contributed by atoms with Crippen LogP contribution in [0.4, 0.5) is 0 Å². The second-order valence-corrected chi connectivity index (χ2v) is 6.56. The minimum absolute atomic E-state index is 0.0550. The van der Waals surface area contributed by atoms with Crippen molar-refractivity contribution in [1.82, 2.24) is 10.6 Å². The number of hydrogen-bond donors (Lipinski definition) is 3. The molecule has 0 aromatic heterocycles. The van der Waals surface area contributed by atoms with E-state index in [0.29, 0.717) is 13.0 Å². The molecule has 4 N–H and O–H groups in total. The summed E-state index contributed by atoms with van der Waals surface area (Å²) in [6.07, 6.45) is 0.700. The van der Waals surface area contributed by atoms with E-state index in [0.717, 1.165) is 0 Å². The second kappa shape index (κ2) is 7.01. The second-order valence-electron chi connectivity index (χ2n) is 6.56. The molecule has 0 aromatic rings. The third kappa shape index (κ3) is 7.28. The number of carbonyl (C=O) groups excluding carboxylic acids is 2. The Labute approximate surface area is 116 Å². The van der Waals surface area contributed by atoms with E-state index < -0.39 is 0 Å². The molecule has 0 fully saturated rings. The highest BCUT2D eigenvalue weighted by Crippen LogP contribution is 2.30. The van der Waals surface area contributed by atoms with Crippen LogP contribution in [-0.2, 0) is 9.59 Å². The molecule has 0 aliphatic carbocycles. The van der Waals surface area contributed by atoms with Gasteiger partial charge in [0.25, 0.3) is 0 Å². The molecule has 112 valence electrons. The Kier molecular flexibility index (Phi) is 6.66. The lowest BCUT2D eigenvalue weighted by Gasteiger charge is -2.38. The molecule has 0 heterocycles. The Morgan fingerprint density at radius 2 is 1.74 bits per heavy atom. The van der Waals surface area contributed by atoms with Crippen LogP contribution >= 0.6 is 0 Å². The van der Waals surface area contributed by atoms with Crippen LogP contribution < -0.4 is 16.4 Å². The zero-order valence-corrected chi connectivity index (χ0v) is 13.1. The third-order valence-electron chi connectivity index (χ3n) is 2.87. The summed E-state index contributed by atoms with van der Waals surface area (Å²) in [5.74, 6) is -0.202. The molecular weight excluding hydrogens is 242 g/mol. The van der Waals surface area contributed by atoms with E-state index in [-0.39, 0.29) is 35.2 Å². The average molecular weight is 271 g/mol. The maximum atomic E-state index is 12.2. The van der Waals surface area contributed by atoms with E-state index >= 15 is 0 Å². The quantitative estimate of drug-likeness (QED) is 0.610. The summed E-state index contributed by atoms with van der Waals surface area (Å²) >= 11 is 0. The highest BCUT2D eigenvalue weighted by molar-refractivity contribution is 5.87. The molecule has 0 saturated carbocycles. The van der Waals surface area contributed by atoms with Crippen molar-refractivity contribution in [2.45, 2.75) is 59.5 Å². The van der Waals surface area contributed by atoms with Crippen molar-refractivity contribution in [2.75, 3.05) is 13.1 Å². The van der Waals surface area contributed by atoms with E-state index in [1.165, 1.54) is 6.92 Å². The van der Waals surface area contributed by atoms with Crippen LogP contribution in [0.2, 0.25) is 0 Å². The van der Waals surface area contributed by atoms with Gasteiger partial charge >= 0.3 is 0 Å². The molecule has 19 heavy (non-hydrogen) atoms. The molecule has 5 nitrogen and oxygen atoms in total. The lowest BCUT2D eigenvalue weighted by molar-refractivity contribution is -0.128. The van der Waals surface area contributed by atoms with Gasteiger partial charge in [0.1, 0.15) is 5.78 Å². The molecule has 0 aliphatic heterocycles. The molecular formula is C14H29N3O2. The van der Waals surface area contributed by atoms with E-state index in [1.54, 1.807) is 0 Å². The lowest BCUT2D eigenvalue weighted by Crippen LogP contribution is -2.55. The summed E-state index contributed by atoms with van der Waals surface area (Å²) in [4.78, 5) is 23.2. The first-order chi connectivity index (χ1) is 8.49. The smallest absolute Gasteiger partial charge is 0.238 e. The fourth-order valence-electron chi connectivity index (χ4n) is 2.52. The van der Waals surface area contributed by atoms with Crippen LogP contribution in [0.5, 0.6) is 0 Å². The van der Waals surface area contributed by atoms with Gasteiger partial charge in [-0.1, -0.05) is 20.8 Å². The molecule has 0 bridgehead atoms. The van der Waals surface area contributed by atoms with E-state index in [1.807, 2.05) is 34.6 Å². The van der Waals surface area contributed by atoms with Crippen LogP contribution in [0.1, 0.15) is 48.0 Å². The predicted octanol–water partition coefficient (Wildman–Crippen LogP) is 0.823. The summed E-state index contributed by atoms with van der Waals surface area (Å²) < 4.78 is 0. The zero-order valence-electron chi connectivity index (χ0n) is 13.1. The van der Waals surface area contributed by atoms with Crippen molar-refractivity contribution in [3.63, 3.8) is 0 Å². The summed E-state index contributed by atoms with van der Waals surface area (Å²) in [5, 5.41) is 5.86. The van der Waals surface area contributed by atoms with Crippen molar-refractivity contribution in [1.29, 1.82) is 0 Å². The highest BCUT2D eigenvalue weighted by atomic mass is 16.2. The topological polar surface area (TPSA) is 84.2 Å². The number of carbonyl (C=O) groups is 2. The summed E-state index contributed by atoms with van der Waals surface area (Å²) in [5.41, 5.74) is 5.42. The number of rotatable bonds is 8. The first kappa shape index (κ1) is 18.1. The predicted molar refractivity (Wildman–Crippen MR) is 77.8 cm³/mol. The first-order valence-corrected chi connectivity index (χ1v) is 6.79. The van der Waals surface area contributed by atoms with E-state index in [2.05, 4.69) is 10.6 Å². The standard InChI is InChI=1S/C14H29N3O2/c1-7-16-11(12(19)17-8-10(2)18)13(3,4)9-14(5,6)15/h11,16H,7-9,15H2,1-6H3,(H,17,19). The number of Topliss-reactive ketones (excluding diaryl/α,β-unsaturated/α-hetero) is 1. The normalized spacial score (nSPS) is 14.1. The molecule has 5 heteroatoms. The van der Waals surface area contributed by atoms with Crippen molar-refractivity contribution >= 4 is 11.7 Å². The van der Waals surface area contributed by atoms with E-state index in [9.17, 15) is 9.59 Å². The van der Waals surface area contributed by atoms with Crippen LogP contribution in [0, 0.1) is 5.41 Å². The zero-order chi connectivity index (χ0) is 15.3. The SMILES string of the molecule is CCNC(C(=O)NCC(C)=O)C(C)(C)CC(C)(C)N. The minimum atomic E-state index is -0.361. The molecule has 1 unspecified atom stereocenters. The highest BCUT2D eigenvalue weighted by Gasteiger charge is 2.37. The van der Waals surface area contributed by atoms with E-state index in [4.69, 9.17) is 5.73 Å². The maximum absolute atomic E-state index is 12.2. The monoisotopic (exact) mass is 271 g/mol. The Morgan fingerprint density at radius 3 is 2.11 bits per heavy atom. The number of hydrogen-bond acceptors (Lipinski definition) is 4. The van der Waals surface area contributed by atoms with Gasteiger partial charge in [0.2, 0.25) is 5.91 Å². The molecule has 0 rings (SSSR count). The van der Waals surface area contributed by atoms with Crippen molar-refractivity contribution < 1.29 is 9.59 Å². The fourth-order valence-corrected chi connectivity index (χ4v) is 2.52. The molecule has 0 aliphatic rings. The Morgan fingerprint density at radius 1 is 1.21 bits per heavy atom. The van der Waals surface area contributed by atoms with Crippen LogP contribution in [0.15, 0.2) is 0 Å². The maximum Gasteiger partial charge on any atom is 0.238 e. The molecule has 0 radical (unpaired) electrons. The van der Waals surface area contributed by atoms with Crippen molar-refractivity contribution in [2.24, 2.45) is 11.1 Å². The van der Waals surface area contributed by atoms with Crippen molar-refractivity contribution in [3.8, 4) is 0 Å². The van der Waals surface area contributed by atoms with Gasteiger partial charge in [0.05, 0.1) is 12.6 Å². The largest absolute Gasteiger partial charge is 0.348 e. The van der Waals surface area contributed by atoms with Crippen molar-refractivity contribution in [3.05, 3.63) is 0 Å². The molecule has 0 spiro atoms. The number of amides is 1. The summed E-state index contributed by atoms with van der Waals surface area (Å²) in [6, 6.07) is -0.361. The Hall–Kier alpha value is -0.940. The summed E-state index contributed by atoms with van der Waals surface area (Å²) in [6.45, 7) is 12.1. The van der Waals surface area contributed by atoms with Gasteiger partial charge in [0.15, 0.2) is 0 Å². The number of ketones is 1. The number of nitrogens with one attached hydrogen (secondary N) is 2. The molecule has 1 atom stereocenters. The van der Waals surface area contributed by atoms with Gasteiger partial charge < -0.3 is 16.4 Å². The summed E-state index contributed by atoms with van der Waals surface area (Å²) in [7, 11) is 0. The molecule has 1 amide bonds. The van der Waals surface area contributed by atoms with Gasteiger partial charge in [-0.15, -0.1) is 0 Å². The van der Waals surface area contributed by atoms with Crippen LogP contribution in [-0.4, -0.2) is 36.4 Å². The van der Waals surface area contributed by atoms with Gasteiger partial charge in [-0.3, -0.25) is 9.59 Å².